The summed E-state index contributed by atoms with van der Waals surface area (Å²) >= 11 is 3.03. The topological polar surface area (TPSA) is 67.1 Å². The molecule has 0 amide bonds. The molecule has 0 unspecified atom stereocenters. The van der Waals surface area contributed by atoms with Crippen molar-refractivity contribution in [1.29, 1.82) is 0 Å². The molecule has 5 nitrogen and oxygen atoms in total. The average Bonchev–Trinajstić information content (AvgIpc) is 2.61. The third-order valence-electron chi connectivity index (χ3n) is 3.57. The summed E-state index contributed by atoms with van der Waals surface area (Å²) < 4.78 is 54.8. The Bertz CT molecular complexity index is 953. The van der Waals surface area contributed by atoms with Crippen molar-refractivity contribution in [1.82, 2.24) is 9.97 Å². The van der Waals surface area contributed by atoms with Gasteiger partial charge in [0, 0.05) is 5.39 Å². The van der Waals surface area contributed by atoms with Crippen molar-refractivity contribution < 1.29 is 17.6 Å². The van der Waals surface area contributed by atoms with Gasteiger partial charge in [0.05, 0.1) is 22.2 Å². The number of rotatable bonds is 5. The van der Waals surface area contributed by atoms with Crippen molar-refractivity contribution >= 4 is 44.3 Å². The van der Waals surface area contributed by atoms with Gasteiger partial charge in [-0.1, -0.05) is 6.07 Å². The first-order valence-corrected chi connectivity index (χ1v) is 8.13. The Kier molecular flexibility index (Phi) is 5.23. The molecule has 136 valence electrons. The maximum absolute atomic E-state index is 14.6. The van der Waals surface area contributed by atoms with E-state index >= 15 is 0 Å². The second-order valence-electron chi connectivity index (χ2n) is 5.25. The van der Waals surface area contributed by atoms with Crippen molar-refractivity contribution in [2.24, 2.45) is 5.84 Å². The number of nitrogen functional groups attached to an aromatic ring is 1. The molecule has 1 aromatic heterocycles. The van der Waals surface area contributed by atoms with Gasteiger partial charge in [0.25, 0.3) is 6.43 Å². The van der Waals surface area contributed by atoms with Crippen LogP contribution in [0.4, 0.5) is 35.0 Å². The molecule has 0 aliphatic carbocycles. The zero-order valence-electron chi connectivity index (χ0n) is 13.1. The Morgan fingerprint density at radius 1 is 1.15 bits per heavy atom. The fraction of sp³-hybridized carbons (Fsp3) is 0.125. The molecule has 0 bridgehead atoms. The van der Waals surface area contributed by atoms with Crippen LogP contribution in [-0.2, 0) is 0 Å². The van der Waals surface area contributed by atoms with Gasteiger partial charge in [-0.2, -0.15) is 4.98 Å². The van der Waals surface area contributed by atoms with E-state index in [-0.39, 0.29) is 32.8 Å². The molecule has 0 saturated carbocycles. The third-order valence-corrected chi connectivity index (χ3v) is 4.18. The van der Waals surface area contributed by atoms with Crippen molar-refractivity contribution in [2.45, 2.75) is 6.43 Å². The predicted molar refractivity (Wildman–Crippen MR) is 94.4 cm³/mol. The molecule has 0 saturated heterocycles. The number of nitrogens with two attached hydrogens (primary N) is 1. The van der Waals surface area contributed by atoms with E-state index in [1.54, 1.807) is 0 Å². The SMILES string of the molecule is NNc1nc(N(CC(F)F)c2cccc(Br)c2F)c2cc(F)ccc2n1. The summed E-state index contributed by atoms with van der Waals surface area (Å²) in [5.74, 6) is 3.80. The maximum atomic E-state index is 14.6. The van der Waals surface area contributed by atoms with Crippen molar-refractivity contribution in [3.05, 3.63) is 52.5 Å². The van der Waals surface area contributed by atoms with E-state index in [1.165, 1.54) is 24.3 Å². The predicted octanol–water partition coefficient (Wildman–Crippen LogP) is 4.36. The van der Waals surface area contributed by atoms with Gasteiger partial charge in [-0.25, -0.2) is 28.4 Å². The molecule has 3 N–H and O–H groups in total. The van der Waals surface area contributed by atoms with Crippen molar-refractivity contribution in [2.75, 3.05) is 16.9 Å². The minimum atomic E-state index is -2.80. The number of nitrogens with one attached hydrogen (secondary N) is 1. The van der Waals surface area contributed by atoms with Crippen LogP contribution in [0, 0.1) is 11.6 Å². The summed E-state index contributed by atoms with van der Waals surface area (Å²) in [5, 5.41) is 0.143. The van der Waals surface area contributed by atoms with Gasteiger partial charge in [-0.15, -0.1) is 0 Å². The van der Waals surface area contributed by atoms with Crippen LogP contribution in [0.25, 0.3) is 10.9 Å². The van der Waals surface area contributed by atoms with Crippen LogP contribution in [0.1, 0.15) is 0 Å². The number of hydrogen-bond acceptors (Lipinski definition) is 5. The first-order chi connectivity index (χ1) is 12.4. The molecule has 1 heterocycles. The van der Waals surface area contributed by atoms with Crippen LogP contribution in [0.2, 0.25) is 0 Å². The molecular weight excluding hydrogens is 418 g/mol. The largest absolute Gasteiger partial charge is 0.317 e. The molecule has 0 radical (unpaired) electrons. The lowest BCUT2D eigenvalue weighted by atomic mass is 10.2. The minimum absolute atomic E-state index is 0.0752. The lowest BCUT2D eigenvalue weighted by Gasteiger charge is -2.25. The van der Waals surface area contributed by atoms with Crippen LogP contribution in [0.15, 0.2) is 40.9 Å². The van der Waals surface area contributed by atoms with E-state index in [0.29, 0.717) is 0 Å². The Labute approximate surface area is 153 Å². The molecule has 0 aliphatic rings. The van der Waals surface area contributed by atoms with Crippen molar-refractivity contribution in [3.8, 4) is 0 Å². The number of benzene rings is 2. The number of fused-ring (bicyclic) bond motifs is 1. The highest BCUT2D eigenvalue weighted by atomic mass is 79.9. The number of hydrazine groups is 1. The van der Waals surface area contributed by atoms with Gasteiger partial charge in [-0.05, 0) is 46.3 Å². The molecule has 0 spiro atoms. The smallest absolute Gasteiger partial charge is 0.256 e. The average molecular weight is 430 g/mol. The van der Waals surface area contributed by atoms with Gasteiger partial charge >= 0.3 is 0 Å². The second kappa shape index (κ2) is 7.42. The molecule has 3 aromatic rings. The highest BCUT2D eigenvalue weighted by Crippen LogP contribution is 2.35. The number of alkyl halides is 2. The molecule has 2 aromatic carbocycles. The zero-order chi connectivity index (χ0) is 18.8. The first-order valence-electron chi connectivity index (χ1n) is 7.34. The van der Waals surface area contributed by atoms with E-state index in [2.05, 4.69) is 31.3 Å². The molecule has 0 atom stereocenters. The first kappa shape index (κ1) is 18.3. The van der Waals surface area contributed by atoms with E-state index in [1.807, 2.05) is 0 Å². The highest BCUT2D eigenvalue weighted by molar-refractivity contribution is 9.10. The monoisotopic (exact) mass is 429 g/mol. The normalized spacial score (nSPS) is 11.2. The second-order valence-corrected chi connectivity index (χ2v) is 6.11. The number of halogens is 5. The Hall–Kier alpha value is -2.46. The summed E-state index contributed by atoms with van der Waals surface area (Å²) in [6, 6.07) is 7.87. The standard InChI is InChI=1S/C16H12BrF4N5/c17-10-2-1-3-12(14(10)21)26(7-13(19)20)15-9-6-8(18)4-5-11(9)23-16(24-15)25-22/h1-6,13H,7,22H2,(H,23,24,25). The van der Waals surface area contributed by atoms with Gasteiger partial charge in [-0.3, -0.25) is 5.43 Å². The van der Waals surface area contributed by atoms with Crippen LogP contribution < -0.4 is 16.2 Å². The summed E-state index contributed by atoms with van der Waals surface area (Å²) in [7, 11) is 0. The van der Waals surface area contributed by atoms with Crippen molar-refractivity contribution in [3.63, 3.8) is 0 Å². The van der Waals surface area contributed by atoms with E-state index < -0.39 is 24.6 Å². The minimum Gasteiger partial charge on any atom is -0.317 e. The quantitative estimate of drug-likeness (QED) is 0.358. The van der Waals surface area contributed by atoms with Crippen LogP contribution >= 0.6 is 15.9 Å². The number of nitrogens with zero attached hydrogens (tertiary/aromatic N) is 3. The number of hydrogen-bond donors (Lipinski definition) is 2. The van der Waals surface area contributed by atoms with E-state index in [9.17, 15) is 17.6 Å². The summed E-state index contributed by atoms with van der Waals surface area (Å²) in [6.45, 7) is -0.861. The molecule has 3 rings (SSSR count). The Morgan fingerprint density at radius 2 is 1.92 bits per heavy atom. The molecule has 0 aliphatic heterocycles. The molecule has 0 fully saturated rings. The summed E-state index contributed by atoms with van der Waals surface area (Å²) in [5.41, 5.74) is 2.34. The number of aromatic nitrogens is 2. The molecule has 26 heavy (non-hydrogen) atoms. The maximum Gasteiger partial charge on any atom is 0.256 e. The fourth-order valence-corrected chi connectivity index (χ4v) is 2.85. The molecule has 10 heteroatoms. The number of anilines is 3. The third kappa shape index (κ3) is 3.56. The van der Waals surface area contributed by atoms with Crippen LogP contribution in [0.3, 0.4) is 0 Å². The highest BCUT2D eigenvalue weighted by Gasteiger charge is 2.23. The van der Waals surface area contributed by atoms with Gasteiger partial charge in [0.1, 0.15) is 11.6 Å². The van der Waals surface area contributed by atoms with E-state index in [0.717, 1.165) is 17.0 Å². The van der Waals surface area contributed by atoms with Gasteiger partial charge in [0.15, 0.2) is 5.82 Å². The summed E-state index contributed by atoms with van der Waals surface area (Å²) in [6.07, 6.45) is -2.80. The van der Waals surface area contributed by atoms with Gasteiger partial charge < -0.3 is 4.90 Å². The Balaban J connectivity index is 2.30. The van der Waals surface area contributed by atoms with Crippen LogP contribution in [0.5, 0.6) is 0 Å². The zero-order valence-corrected chi connectivity index (χ0v) is 14.6. The Morgan fingerprint density at radius 3 is 2.62 bits per heavy atom. The van der Waals surface area contributed by atoms with Crippen LogP contribution in [-0.4, -0.2) is 22.9 Å². The molecular formula is C16H12BrF4N5. The lowest BCUT2D eigenvalue weighted by molar-refractivity contribution is 0.157. The fourth-order valence-electron chi connectivity index (χ4n) is 2.49. The summed E-state index contributed by atoms with van der Waals surface area (Å²) in [4.78, 5) is 9.08. The van der Waals surface area contributed by atoms with Gasteiger partial charge in [0.2, 0.25) is 5.95 Å². The van der Waals surface area contributed by atoms with E-state index in [4.69, 9.17) is 5.84 Å². The lowest BCUT2D eigenvalue weighted by Crippen LogP contribution is -2.27.